The number of nitrogens with two attached hydrogens (primary N) is 1. The zero-order chi connectivity index (χ0) is 14.3. The molecule has 1 aromatic rings. The quantitative estimate of drug-likeness (QED) is 0.698. The van der Waals surface area contributed by atoms with Crippen LogP contribution in [0.2, 0.25) is 0 Å². The summed E-state index contributed by atoms with van der Waals surface area (Å²) in [5, 5.41) is 10.6. The van der Waals surface area contributed by atoms with Crippen LogP contribution >= 0.6 is 23.1 Å². The van der Waals surface area contributed by atoms with Gasteiger partial charge in [-0.15, -0.1) is 10.2 Å². The summed E-state index contributed by atoms with van der Waals surface area (Å²) >= 11 is 2.50. The molecule has 0 unspecified atom stereocenters. The molecule has 106 valence electrons. The van der Waals surface area contributed by atoms with E-state index in [1.54, 1.807) is 7.05 Å². The average molecular weight is 303 g/mol. The summed E-state index contributed by atoms with van der Waals surface area (Å²) in [7, 11) is 1.60. The molecular formula is C10H17N5O2S2. The fraction of sp³-hybridized carbons (Fsp3) is 0.600. The Morgan fingerprint density at radius 2 is 2.21 bits per heavy atom. The smallest absolute Gasteiger partial charge is 0.239 e. The number of carbonyl (C=O) groups is 2. The van der Waals surface area contributed by atoms with Crippen molar-refractivity contribution < 1.29 is 9.59 Å². The van der Waals surface area contributed by atoms with Crippen LogP contribution in [0.4, 0.5) is 5.13 Å². The summed E-state index contributed by atoms with van der Waals surface area (Å²) in [5.74, 6) is -0.0695. The summed E-state index contributed by atoms with van der Waals surface area (Å²) in [6.07, 6.45) is 0.873. The number of nitrogens with one attached hydrogen (secondary N) is 1. The first-order chi connectivity index (χ1) is 9.02. The Kier molecular flexibility index (Phi) is 6.57. The third-order valence-corrected chi connectivity index (χ3v) is 3.99. The minimum Gasteiger partial charge on any atom is -0.374 e. The van der Waals surface area contributed by atoms with Crippen molar-refractivity contribution in [2.24, 2.45) is 0 Å². The molecule has 0 spiro atoms. The van der Waals surface area contributed by atoms with Crippen molar-refractivity contribution in [3.05, 3.63) is 0 Å². The van der Waals surface area contributed by atoms with Gasteiger partial charge in [0, 0.05) is 13.6 Å². The molecule has 7 nitrogen and oxygen atoms in total. The molecule has 0 saturated heterocycles. The SMILES string of the molecule is CCCNC(=O)CN(C)C(=O)CSc1nnc(N)s1. The van der Waals surface area contributed by atoms with Gasteiger partial charge in [0.2, 0.25) is 16.9 Å². The summed E-state index contributed by atoms with van der Waals surface area (Å²) in [4.78, 5) is 24.6. The number of amides is 2. The standard InChI is InChI=1S/C10H17N5O2S2/c1-3-4-12-7(16)5-15(2)8(17)6-18-10-14-13-9(11)19-10/h3-6H2,1-2H3,(H2,11,13)(H,12,16). The van der Waals surface area contributed by atoms with Crippen molar-refractivity contribution in [1.29, 1.82) is 0 Å². The number of anilines is 1. The number of thioether (sulfide) groups is 1. The van der Waals surface area contributed by atoms with E-state index in [2.05, 4.69) is 15.5 Å². The zero-order valence-electron chi connectivity index (χ0n) is 10.9. The van der Waals surface area contributed by atoms with Gasteiger partial charge in [0.05, 0.1) is 12.3 Å². The summed E-state index contributed by atoms with van der Waals surface area (Å²) in [6.45, 7) is 2.66. The molecule has 0 radical (unpaired) electrons. The first-order valence-corrected chi connectivity index (χ1v) is 7.55. The number of nitrogens with zero attached hydrogens (tertiary/aromatic N) is 3. The van der Waals surface area contributed by atoms with Crippen molar-refractivity contribution >= 4 is 40.0 Å². The number of hydrogen-bond donors (Lipinski definition) is 2. The molecule has 9 heteroatoms. The monoisotopic (exact) mass is 303 g/mol. The predicted molar refractivity (Wildman–Crippen MR) is 76.0 cm³/mol. The minimum atomic E-state index is -0.150. The number of aromatic nitrogens is 2. The molecule has 3 N–H and O–H groups in total. The first kappa shape index (κ1) is 15.7. The van der Waals surface area contributed by atoms with E-state index in [4.69, 9.17) is 5.73 Å². The van der Waals surface area contributed by atoms with E-state index in [0.717, 1.165) is 6.42 Å². The van der Waals surface area contributed by atoms with Gasteiger partial charge in [-0.2, -0.15) is 0 Å². The third-order valence-electron chi connectivity index (χ3n) is 2.12. The zero-order valence-corrected chi connectivity index (χ0v) is 12.5. The molecule has 0 fully saturated rings. The number of rotatable bonds is 7. The molecule has 1 aromatic heterocycles. The van der Waals surface area contributed by atoms with E-state index in [1.165, 1.54) is 28.0 Å². The second-order valence-corrected chi connectivity index (χ2v) is 6.03. The number of likely N-dealkylation sites (N-methyl/N-ethyl adjacent to an activating group) is 1. The normalized spacial score (nSPS) is 10.2. The van der Waals surface area contributed by atoms with E-state index in [1.807, 2.05) is 6.92 Å². The van der Waals surface area contributed by atoms with Crippen molar-refractivity contribution in [3.63, 3.8) is 0 Å². The van der Waals surface area contributed by atoms with Crippen LogP contribution in [0, 0.1) is 0 Å². The highest BCUT2D eigenvalue weighted by atomic mass is 32.2. The maximum Gasteiger partial charge on any atom is 0.239 e. The molecule has 19 heavy (non-hydrogen) atoms. The maximum absolute atomic E-state index is 11.8. The lowest BCUT2D eigenvalue weighted by Gasteiger charge is -2.16. The molecule has 0 aliphatic rings. The number of hydrogen-bond acceptors (Lipinski definition) is 7. The second kappa shape index (κ2) is 7.95. The van der Waals surface area contributed by atoms with Crippen LogP contribution in [0.3, 0.4) is 0 Å². The van der Waals surface area contributed by atoms with E-state index < -0.39 is 0 Å². The first-order valence-electron chi connectivity index (χ1n) is 5.75. The fourth-order valence-electron chi connectivity index (χ4n) is 1.14. The number of carbonyl (C=O) groups excluding carboxylic acids is 2. The summed E-state index contributed by atoms with van der Waals surface area (Å²) in [5.41, 5.74) is 5.44. The van der Waals surface area contributed by atoms with Crippen molar-refractivity contribution in [1.82, 2.24) is 20.4 Å². The Bertz CT molecular complexity index is 437. The van der Waals surface area contributed by atoms with Gasteiger partial charge < -0.3 is 16.0 Å². The van der Waals surface area contributed by atoms with E-state index in [-0.39, 0.29) is 24.1 Å². The van der Waals surface area contributed by atoms with Gasteiger partial charge in [-0.3, -0.25) is 9.59 Å². The van der Waals surface area contributed by atoms with Crippen molar-refractivity contribution in [2.45, 2.75) is 17.7 Å². The van der Waals surface area contributed by atoms with Gasteiger partial charge in [-0.25, -0.2) is 0 Å². The van der Waals surface area contributed by atoms with Gasteiger partial charge in [0.1, 0.15) is 0 Å². The molecule has 1 heterocycles. The molecule has 2 amide bonds. The van der Waals surface area contributed by atoms with Crippen molar-refractivity contribution in [3.8, 4) is 0 Å². The lowest BCUT2D eigenvalue weighted by atomic mass is 10.4. The average Bonchev–Trinajstić information content (AvgIpc) is 2.79. The fourth-order valence-corrected chi connectivity index (χ4v) is 2.71. The van der Waals surface area contributed by atoms with Crippen LogP contribution in [0.15, 0.2) is 4.34 Å². The van der Waals surface area contributed by atoms with Crippen LogP contribution in [0.1, 0.15) is 13.3 Å². The minimum absolute atomic E-state index is 0.0671. The topological polar surface area (TPSA) is 101 Å². The van der Waals surface area contributed by atoms with Crippen LogP contribution in [0.5, 0.6) is 0 Å². The Hall–Kier alpha value is -1.35. The largest absolute Gasteiger partial charge is 0.374 e. The Balaban J connectivity index is 2.30. The molecule has 0 atom stereocenters. The van der Waals surface area contributed by atoms with Gasteiger partial charge >= 0.3 is 0 Å². The highest BCUT2D eigenvalue weighted by Gasteiger charge is 2.14. The lowest BCUT2D eigenvalue weighted by molar-refractivity contribution is -0.132. The van der Waals surface area contributed by atoms with Gasteiger partial charge in [0.25, 0.3) is 0 Å². The third kappa shape index (κ3) is 5.88. The molecule has 0 saturated carbocycles. The Labute approximate surface area is 119 Å². The Morgan fingerprint density at radius 1 is 1.47 bits per heavy atom. The predicted octanol–water partition coefficient (Wildman–Crippen LogP) is 0.197. The molecule has 0 aliphatic carbocycles. The molecule has 0 aromatic carbocycles. The Morgan fingerprint density at radius 3 is 2.79 bits per heavy atom. The van der Waals surface area contributed by atoms with E-state index >= 15 is 0 Å². The van der Waals surface area contributed by atoms with Gasteiger partial charge in [-0.05, 0) is 6.42 Å². The summed E-state index contributed by atoms with van der Waals surface area (Å²) < 4.78 is 0.648. The van der Waals surface area contributed by atoms with Gasteiger partial charge in [-0.1, -0.05) is 30.0 Å². The van der Waals surface area contributed by atoms with Crippen LogP contribution in [0.25, 0.3) is 0 Å². The molecule has 1 rings (SSSR count). The van der Waals surface area contributed by atoms with E-state index in [0.29, 0.717) is 16.0 Å². The highest BCUT2D eigenvalue weighted by Crippen LogP contribution is 2.23. The highest BCUT2D eigenvalue weighted by molar-refractivity contribution is 8.01. The van der Waals surface area contributed by atoms with Crippen LogP contribution in [-0.2, 0) is 9.59 Å². The molecule has 0 aliphatic heterocycles. The maximum atomic E-state index is 11.8. The number of nitrogen functional groups attached to an aromatic ring is 1. The van der Waals surface area contributed by atoms with Crippen LogP contribution < -0.4 is 11.1 Å². The van der Waals surface area contributed by atoms with Crippen molar-refractivity contribution in [2.75, 3.05) is 31.6 Å². The van der Waals surface area contributed by atoms with E-state index in [9.17, 15) is 9.59 Å². The van der Waals surface area contributed by atoms with Gasteiger partial charge in [0.15, 0.2) is 4.34 Å². The second-order valence-electron chi connectivity index (χ2n) is 3.79. The van der Waals surface area contributed by atoms with Crippen LogP contribution in [-0.4, -0.2) is 52.8 Å². The molecule has 0 bridgehead atoms. The molecular weight excluding hydrogens is 286 g/mol. The lowest BCUT2D eigenvalue weighted by Crippen LogP contribution is -2.39. The summed E-state index contributed by atoms with van der Waals surface area (Å²) in [6, 6.07) is 0.